The molecule has 1 aliphatic carbocycles. The Morgan fingerprint density at radius 2 is 1.89 bits per heavy atom. The van der Waals surface area contributed by atoms with Gasteiger partial charge in [-0.25, -0.2) is 8.42 Å². The van der Waals surface area contributed by atoms with Gasteiger partial charge in [-0.3, -0.25) is 9.59 Å². The second-order valence-corrected chi connectivity index (χ2v) is 9.98. The molecule has 0 spiro atoms. The van der Waals surface area contributed by atoms with E-state index in [1.54, 1.807) is 49.6 Å². The van der Waals surface area contributed by atoms with Gasteiger partial charge in [0.25, 0.3) is 15.9 Å². The fourth-order valence-electron chi connectivity index (χ4n) is 2.59. The lowest BCUT2D eigenvalue weighted by Crippen LogP contribution is -2.46. The molecular formula is C19H23N3O4S2. The van der Waals surface area contributed by atoms with Gasteiger partial charge in [0.1, 0.15) is 10.3 Å². The van der Waals surface area contributed by atoms with Crippen molar-refractivity contribution < 1.29 is 18.0 Å². The molecule has 2 aromatic rings. The van der Waals surface area contributed by atoms with E-state index in [1.807, 2.05) is 0 Å². The average molecular weight is 422 g/mol. The Kier molecular flexibility index (Phi) is 6.17. The summed E-state index contributed by atoms with van der Waals surface area (Å²) < 4.78 is 27.6. The minimum Gasteiger partial charge on any atom is -0.349 e. The van der Waals surface area contributed by atoms with Gasteiger partial charge in [0.2, 0.25) is 5.91 Å². The standard InChI is InChI=1S/C19H23N3O4S2/c1-12(2)17(22-28(25,26)16-7-4-10-27-16)19(24)21-15-6-3-5-13(11-15)18(23)20-14-8-9-14/h3-7,10-12,14,17,22H,8-9H2,1-2H3,(H,20,23)(H,21,24)/t17-/m1/s1. The quantitative estimate of drug-likeness (QED) is 0.609. The molecule has 1 atom stereocenters. The molecule has 1 aliphatic rings. The van der Waals surface area contributed by atoms with E-state index < -0.39 is 22.0 Å². The van der Waals surface area contributed by atoms with Crippen molar-refractivity contribution in [1.29, 1.82) is 0 Å². The van der Waals surface area contributed by atoms with Gasteiger partial charge < -0.3 is 10.6 Å². The first-order valence-corrected chi connectivity index (χ1v) is 11.4. The number of thiophene rings is 1. The summed E-state index contributed by atoms with van der Waals surface area (Å²) in [5.74, 6) is -0.927. The molecule has 0 radical (unpaired) electrons. The van der Waals surface area contributed by atoms with Crippen molar-refractivity contribution in [2.45, 2.75) is 43.0 Å². The molecule has 3 rings (SSSR count). The van der Waals surface area contributed by atoms with Crippen molar-refractivity contribution in [3.63, 3.8) is 0 Å². The summed E-state index contributed by atoms with van der Waals surface area (Å²) in [6.45, 7) is 3.53. The molecule has 28 heavy (non-hydrogen) atoms. The molecule has 1 saturated carbocycles. The third-order valence-corrected chi connectivity index (χ3v) is 7.13. The molecule has 0 saturated heterocycles. The van der Waals surface area contributed by atoms with Crippen LogP contribution in [0, 0.1) is 5.92 Å². The third-order valence-electron chi connectivity index (χ3n) is 4.30. The summed E-state index contributed by atoms with van der Waals surface area (Å²) in [5.41, 5.74) is 0.888. The highest BCUT2D eigenvalue weighted by Crippen LogP contribution is 2.21. The van der Waals surface area contributed by atoms with Gasteiger partial charge in [0.15, 0.2) is 0 Å². The molecule has 150 valence electrons. The molecule has 9 heteroatoms. The summed E-state index contributed by atoms with van der Waals surface area (Å²) in [6, 6.07) is 9.02. The molecule has 2 amide bonds. The molecule has 7 nitrogen and oxygen atoms in total. The smallest absolute Gasteiger partial charge is 0.251 e. The first-order valence-electron chi connectivity index (χ1n) is 9.04. The fraction of sp³-hybridized carbons (Fsp3) is 0.368. The number of benzene rings is 1. The molecular weight excluding hydrogens is 398 g/mol. The van der Waals surface area contributed by atoms with Crippen LogP contribution in [0.15, 0.2) is 46.0 Å². The minimum absolute atomic E-state index is 0.157. The van der Waals surface area contributed by atoms with Gasteiger partial charge in [-0.05, 0) is 48.4 Å². The number of carbonyl (C=O) groups excluding carboxylic acids is 2. The first-order chi connectivity index (χ1) is 13.3. The summed E-state index contributed by atoms with van der Waals surface area (Å²) in [5, 5.41) is 7.27. The number of amides is 2. The SMILES string of the molecule is CC(C)[C@@H](NS(=O)(=O)c1cccs1)C(=O)Nc1cccc(C(=O)NC2CC2)c1. The van der Waals surface area contributed by atoms with Gasteiger partial charge in [0, 0.05) is 17.3 Å². The van der Waals surface area contributed by atoms with E-state index in [1.165, 1.54) is 6.07 Å². The van der Waals surface area contributed by atoms with Crippen LogP contribution in [0.4, 0.5) is 5.69 Å². The predicted molar refractivity (Wildman–Crippen MR) is 109 cm³/mol. The zero-order valence-electron chi connectivity index (χ0n) is 15.6. The summed E-state index contributed by atoms with van der Waals surface area (Å²) >= 11 is 1.09. The van der Waals surface area contributed by atoms with Crippen molar-refractivity contribution in [2.75, 3.05) is 5.32 Å². The van der Waals surface area contributed by atoms with Crippen molar-refractivity contribution in [2.24, 2.45) is 5.92 Å². The molecule has 0 aliphatic heterocycles. The largest absolute Gasteiger partial charge is 0.349 e. The van der Waals surface area contributed by atoms with E-state index in [0.29, 0.717) is 11.3 Å². The van der Waals surface area contributed by atoms with Crippen LogP contribution < -0.4 is 15.4 Å². The Morgan fingerprint density at radius 1 is 1.14 bits per heavy atom. The van der Waals surface area contributed by atoms with Crippen LogP contribution in [0.5, 0.6) is 0 Å². The Morgan fingerprint density at radius 3 is 2.50 bits per heavy atom. The van der Waals surface area contributed by atoms with Gasteiger partial charge >= 0.3 is 0 Å². The zero-order valence-corrected chi connectivity index (χ0v) is 17.3. The Bertz CT molecular complexity index is 951. The highest BCUT2D eigenvalue weighted by Gasteiger charge is 2.29. The van der Waals surface area contributed by atoms with Crippen LogP contribution in [-0.4, -0.2) is 32.3 Å². The van der Waals surface area contributed by atoms with Crippen LogP contribution in [0.25, 0.3) is 0 Å². The lowest BCUT2D eigenvalue weighted by Gasteiger charge is -2.21. The van der Waals surface area contributed by atoms with Gasteiger partial charge in [0.05, 0.1) is 0 Å². The van der Waals surface area contributed by atoms with E-state index >= 15 is 0 Å². The van der Waals surface area contributed by atoms with E-state index in [9.17, 15) is 18.0 Å². The molecule has 1 aromatic heterocycles. The molecule has 3 N–H and O–H groups in total. The maximum absolute atomic E-state index is 12.7. The number of sulfonamides is 1. The fourth-order valence-corrected chi connectivity index (χ4v) is 4.94. The summed E-state index contributed by atoms with van der Waals surface area (Å²) in [7, 11) is -3.78. The van der Waals surface area contributed by atoms with Crippen LogP contribution >= 0.6 is 11.3 Å². The highest BCUT2D eigenvalue weighted by molar-refractivity contribution is 7.91. The topological polar surface area (TPSA) is 104 Å². The molecule has 0 bridgehead atoms. The van der Waals surface area contributed by atoms with Gasteiger partial charge in [-0.2, -0.15) is 4.72 Å². The summed E-state index contributed by atoms with van der Waals surface area (Å²) in [4.78, 5) is 24.9. The van der Waals surface area contributed by atoms with E-state index in [-0.39, 0.29) is 22.1 Å². The van der Waals surface area contributed by atoms with Crippen LogP contribution in [0.2, 0.25) is 0 Å². The number of rotatable bonds is 8. The lowest BCUT2D eigenvalue weighted by molar-refractivity contribution is -0.118. The molecule has 1 aromatic carbocycles. The van der Waals surface area contributed by atoms with Crippen LogP contribution in [0.3, 0.4) is 0 Å². The maximum atomic E-state index is 12.7. The minimum atomic E-state index is -3.78. The maximum Gasteiger partial charge on any atom is 0.251 e. The number of carbonyl (C=O) groups is 2. The summed E-state index contributed by atoms with van der Waals surface area (Å²) in [6.07, 6.45) is 1.98. The second kappa shape index (κ2) is 8.42. The van der Waals surface area contributed by atoms with Crippen molar-refractivity contribution in [1.82, 2.24) is 10.0 Å². The van der Waals surface area contributed by atoms with Crippen molar-refractivity contribution in [3.05, 3.63) is 47.3 Å². The Balaban J connectivity index is 1.71. The first kappa shape index (κ1) is 20.5. The monoisotopic (exact) mass is 421 g/mol. The van der Waals surface area contributed by atoms with Gasteiger partial charge in [-0.1, -0.05) is 26.0 Å². The van der Waals surface area contributed by atoms with Gasteiger partial charge in [-0.15, -0.1) is 11.3 Å². The molecule has 1 fully saturated rings. The lowest BCUT2D eigenvalue weighted by atomic mass is 10.0. The highest BCUT2D eigenvalue weighted by atomic mass is 32.2. The van der Waals surface area contributed by atoms with Crippen molar-refractivity contribution >= 4 is 38.9 Å². The van der Waals surface area contributed by atoms with Crippen LogP contribution in [-0.2, 0) is 14.8 Å². The second-order valence-electron chi connectivity index (χ2n) is 7.09. The molecule has 0 unspecified atom stereocenters. The number of hydrogen-bond acceptors (Lipinski definition) is 5. The van der Waals surface area contributed by atoms with Crippen LogP contribution in [0.1, 0.15) is 37.0 Å². The predicted octanol–water partition coefficient (Wildman–Crippen LogP) is 2.58. The van der Waals surface area contributed by atoms with E-state index in [0.717, 1.165) is 24.2 Å². The van der Waals surface area contributed by atoms with E-state index in [2.05, 4.69) is 15.4 Å². The Labute approximate surface area is 168 Å². The normalized spacial score (nSPS) is 15.2. The number of hydrogen-bond donors (Lipinski definition) is 3. The zero-order chi connectivity index (χ0) is 20.3. The number of nitrogens with one attached hydrogen (secondary N) is 3. The Hall–Kier alpha value is -2.23. The third kappa shape index (κ3) is 5.18. The van der Waals surface area contributed by atoms with Crippen molar-refractivity contribution in [3.8, 4) is 0 Å². The molecule has 1 heterocycles. The average Bonchev–Trinajstić information content (AvgIpc) is 3.27. The van der Waals surface area contributed by atoms with E-state index in [4.69, 9.17) is 0 Å². The number of anilines is 1.